The molecule has 0 radical (unpaired) electrons. The first kappa shape index (κ1) is 18.9. The molecule has 0 bridgehead atoms. The normalized spacial score (nSPS) is 17.4. The van der Waals surface area contributed by atoms with Crippen molar-refractivity contribution in [2.45, 2.75) is 31.1 Å². The minimum atomic E-state index is -3.47. The maximum atomic E-state index is 12.2. The van der Waals surface area contributed by atoms with Crippen LogP contribution in [0.5, 0.6) is 0 Å². The lowest BCUT2D eigenvalue weighted by Crippen LogP contribution is -2.44. The molecule has 2 rings (SSSR count). The van der Waals surface area contributed by atoms with Crippen molar-refractivity contribution >= 4 is 15.7 Å². The Bertz CT molecular complexity index is 648. The van der Waals surface area contributed by atoms with Gasteiger partial charge in [0.15, 0.2) is 9.84 Å². The number of carbonyl (C=O) groups is 1. The Labute approximate surface area is 143 Å². The van der Waals surface area contributed by atoms with Crippen molar-refractivity contribution in [2.75, 3.05) is 32.1 Å². The number of nitrogens with one attached hydrogen (secondary N) is 1. The van der Waals surface area contributed by atoms with E-state index in [4.69, 9.17) is 4.74 Å². The highest BCUT2D eigenvalue weighted by atomic mass is 32.2. The van der Waals surface area contributed by atoms with Gasteiger partial charge in [0.05, 0.1) is 17.3 Å². The predicted molar refractivity (Wildman–Crippen MR) is 90.4 cm³/mol. The van der Waals surface area contributed by atoms with Crippen LogP contribution in [-0.4, -0.2) is 51.5 Å². The van der Waals surface area contributed by atoms with Crippen molar-refractivity contribution in [2.24, 2.45) is 5.41 Å². The topological polar surface area (TPSA) is 92.7 Å². The third-order valence-corrected chi connectivity index (χ3v) is 6.26. The van der Waals surface area contributed by atoms with E-state index in [-0.39, 0.29) is 35.0 Å². The summed E-state index contributed by atoms with van der Waals surface area (Å²) in [5.74, 6) is -0.540. The summed E-state index contributed by atoms with van der Waals surface area (Å²) in [5, 5.41) is 12.3. The number of aliphatic hydroxyl groups excluding tert-OH is 1. The summed E-state index contributed by atoms with van der Waals surface area (Å²) in [5.41, 5.74) is 0.626. The van der Waals surface area contributed by atoms with Crippen molar-refractivity contribution in [1.82, 2.24) is 5.32 Å². The fourth-order valence-electron chi connectivity index (χ4n) is 2.66. The molecule has 6 nitrogen and oxygen atoms in total. The molecule has 1 aliphatic heterocycles. The molecular weight excluding hydrogens is 330 g/mol. The van der Waals surface area contributed by atoms with Gasteiger partial charge < -0.3 is 15.2 Å². The highest BCUT2D eigenvalue weighted by molar-refractivity contribution is 7.91. The van der Waals surface area contributed by atoms with Gasteiger partial charge in [-0.05, 0) is 31.9 Å². The van der Waals surface area contributed by atoms with Crippen LogP contribution in [0.2, 0.25) is 0 Å². The monoisotopic (exact) mass is 355 g/mol. The Balaban J connectivity index is 1.85. The van der Waals surface area contributed by atoms with Gasteiger partial charge in [-0.25, -0.2) is 8.42 Å². The van der Waals surface area contributed by atoms with Crippen LogP contribution in [0.25, 0.3) is 0 Å². The molecule has 0 saturated carbocycles. The average Bonchev–Trinajstić information content (AvgIpc) is 2.59. The molecule has 7 heteroatoms. The van der Waals surface area contributed by atoms with Crippen molar-refractivity contribution in [3.63, 3.8) is 0 Å². The number of rotatable bonds is 7. The second kappa shape index (κ2) is 8.09. The molecule has 1 aromatic carbocycles. The van der Waals surface area contributed by atoms with E-state index in [1.807, 2.05) is 6.92 Å². The van der Waals surface area contributed by atoms with Crippen molar-refractivity contribution in [3.8, 4) is 0 Å². The Morgan fingerprint density at radius 3 is 2.46 bits per heavy atom. The van der Waals surface area contributed by atoms with E-state index >= 15 is 0 Å². The van der Waals surface area contributed by atoms with Gasteiger partial charge in [0.1, 0.15) is 0 Å². The number of aliphatic hydroxyl groups is 1. The van der Waals surface area contributed by atoms with E-state index in [9.17, 15) is 18.3 Å². The summed E-state index contributed by atoms with van der Waals surface area (Å²) < 4.78 is 29.8. The molecule has 1 heterocycles. The van der Waals surface area contributed by atoms with Gasteiger partial charge in [0.2, 0.25) is 5.91 Å². The van der Waals surface area contributed by atoms with Crippen molar-refractivity contribution in [1.29, 1.82) is 0 Å². The summed E-state index contributed by atoms with van der Waals surface area (Å²) in [6.45, 7) is 3.35. The van der Waals surface area contributed by atoms with Crippen LogP contribution in [0.1, 0.15) is 24.8 Å². The van der Waals surface area contributed by atoms with Crippen LogP contribution in [0.4, 0.5) is 0 Å². The molecular formula is C17H25NO5S. The molecule has 1 fully saturated rings. The molecule has 0 atom stereocenters. The number of benzene rings is 1. The largest absolute Gasteiger partial charge is 0.396 e. The number of carbonyl (C=O) groups excluding carboxylic acids is 1. The van der Waals surface area contributed by atoms with Gasteiger partial charge in [-0.3, -0.25) is 4.79 Å². The Morgan fingerprint density at radius 2 is 1.88 bits per heavy atom. The lowest BCUT2D eigenvalue weighted by atomic mass is 9.81. The second-order valence-electron chi connectivity index (χ2n) is 6.43. The third-order valence-electron chi connectivity index (χ3n) is 4.53. The number of amides is 1. The summed E-state index contributed by atoms with van der Waals surface area (Å²) >= 11 is 0. The Hall–Kier alpha value is -1.44. The molecule has 0 spiro atoms. The van der Waals surface area contributed by atoms with Crippen LogP contribution in [-0.2, 0) is 19.4 Å². The van der Waals surface area contributed by atoms with E-state index in [2.05, 4.69) is 5.32 Å². The van der Waals surface area contributed by atoms with Gasteiger partial charge in [-0.2, -0.15) is 0 Å². The number of hydrogen-bond donors (Lipinski definition) is 2. The van der Waals surface area contributed by atoms with E-state index in [0.717, 1.165) is 5.56 Å². The number of aryl methyl sites for hydroxylation is 1. The number of sulfone groups is 1. The van der Waals surface area contributed by atoms with E-state index < -0.39 is 9.84 Å². The van der Waals surface area contributed by atoms with Gasteiger partial charge in [0.25, 0.3) is 0 Å². The summed E-state index contributed by atoms with van der Waals surface area (Å²) in [6.07, 6.45) is 1.28. The third kappa shape index (κ3) is 5.03. The second-order valence-corrected chi connectivity index (χ2v) is 8.54. The van der Waals surface area contributed by atoms with Crippen LogP contribution < -0.4 is 5.32 Å². The van der Waals surface area contributed by atoms with Crippen LogP contribution in [0.15, 0.2) is 29.2 Å². The first-order valence-corrected chi connectivity index (χ1v) is 9.77. The minimum Gasteiger partial charge on any atom is -0.396 e. The zero-order valence-electron chi connectivity index (χ0n) is 14.0. The SMILES string of the molecule is Cc1ccc(S(=O)(=O)CCC(=O)NCC2(CO)CCOCC2)cc1. The Morgan fingerprint density at radius 1 is 1.25 bits per heavy atom. The lowest BCUT2D eigenvalue weighted by Gasteiger charge is -2.35. The highest BCUT2D eigenvalue weighted by Crippen LogP contribution is 2.29. The van der Waals surface area contributed by atoms with Gasteiger partial charge in [-0.1, -0.05) is 17.7 Å². The molecule has 1 amide bonds. The van der Waals surface area contributed by atoms with Crippen molar-refractivity contribution in [3.05, 3.63) is 29.8 Å². The minimum absolute atomic E-state index is 0.0156. The fraction of sp³-hybridized carbons (Fsp3) is 0.588. The molecule has 1 aliphatic rings. The van der Waals surface area contributed by atoms with Crippen LogP contribution in [0.3, 0.4) is 0 Å². The van der Waals surface area contributed by atoms with Crippen LogP contribution >= 0.6 is 0 Å². The van der Waals surface area contributed by atoms with Crippen molar-refractivity contribution < 1.29 is 23.1 Å². The maximum Gasteiger partial charge on any atom is 0.221 e. The van der Waals surface area contributed by atoms with E-state index in [1.54, 1.807) is 24.3 Å². The number of hydrogen-bond acceptors (Lipinski definition) is 5. The highest BCUT2D eigenvalue weighted by Gasteiger charge is 2.32. The maximum absolute atomic E-state index is 12.2. The number of ether oxygens (including phenoxy) is 1. The summed E-state index contributed by atoms with van der Waals surface area (Å²) in [6, 6.07) is 6.60. The van der Waals surface area contributed by atoms with E-state index in [1.165, 1.54) is 0 Å². The molecule has 0 unspecified atom stereocenters. The zero-order chi connectivity index (χ0) is 17.6. The molecule has 1 saturated heterocycles. The Kier molecular flexibility index (Phi) is 6.37. The molecule has 0 aromatic heterocycles. The van der Waals surface area contributed by atoms with Gasteiger partial charge >= 0.3 is 0 Å². The fourth-order valence-corrected chi connectivity index (χ4v) is 3.90. The first-order chi connectivity index (χ1) is 11.4. The molecule has 1 aromatic rings. The van der Waals surface area contributed by atoms with Gasteiger partial charge in [-0.15, -0.1) is 0 Å². The molecule has 24 heavy (non-hydrogen) atoms. The summed E-state index contributed by atoms with van der Waals surface area (Å²) in [4.78, 5) is 12.2. The van der Waals surface area contributed by atoms with Crippen LogP contribution in [0, 0.1) is 12.3 Å². The zero-order valence-corrected chi connectivity index (χ0v) is 14.8. The average molecular weight is 355 g/mol. The molecule has 134 valence electrons. The first-order valence-electron chi connectivity index (χ1n) is 8.12. The predicted octanol–water partition coefficient (Wildman–Crippen LogP) is 1.06. The summed E-state index contributed by atoms with van der Waals surface area (Å²) in [7, 11) is -3.47. The quantitative estimate of drug-likeness (QED) is 0.763. The van der Waals surface area contributed by atoms with E-state index in [0.29, 0.717) is 32.6 Å². The lowest BCUT2D eigenvalue weighted by molar-refractivity contribution is -0.122. The standard InChI is InChI=1S/C17H25NO5S/c1-14-2-4-15(5-3-14)24(21,22)11-6-16(20)18-12-17(13-19)7-9-23-10-8-17/h2-5,19H,6-13H2,1H3,(H,18,20). The smallest absolute Gasteiger partial charge is 0.221 e. The van der Waals surface area contributed by atoms with Gasteiger partial charge in [0, 0.05) is 31.6 Å². The molecule has 0 aliphatic carbocycles. The molecule has 2 N–H and O–H groups in total.